The first kappa shape index (κ1) is 19.4. The minimum atomic E-state index is -0.499. The summed E-state index contributed by atoms with van der Waals surface area (Å²) in [5, 5.41) is 9.20. The van der Waals surface area contributed by atoms with E-state index in [-0.39, 0.29) is 5.91 Å². The van der Waals surface area contributed by atoms with Crippen LogP contribution in [-0.2, 0) is 11.3 Å². The first-order chi connectivity index (χ1) is 10.8. The summed E-state index contributed by atoms with van der Waals surface area (Å²) in [7, 11) is 3.38. The van der Waals surface area contributed by atoms with Gasteiger partial charge in [0.2, 0.25) is 5.91 Å². The standard InChI is InChI=1S/C17H28N4OS/c1-12-7-8-13(14(9-12)23-6)10-20-16(19-5)21-11-17(2,3)15(22)18-4/h7-9H,10-11H2,1-6H3,(H,18,22)(H2,19,20,21). The minimum absolute atomic E-state index is 0.00339. The number of guanidine groups is 1. The second kappa shape index (κ2) is 8.82. The van der Waals surface area contributed by atoms with Gasteiger partial charge in [-0.25, -0.2) is 0 Å². The van der Waals surface area contributed by atoms with Crippen molar-refractivity contribution in [1.29, 1.82) is 0 Å². The molecule has 0 saturated carbocycles. The SMILES string of the molecule is CN=C(NCc1ccc(C)cc1SC)NCC(C)(C)C(=O)NC. The Bertz CT molecular complexity index is 570. The molecule has 1 rings (SSSR count). The van der Waals surface area contributed by atoms with E-state index in [1.165, 1.54) is 16.0 Å². The van der Waals surface area contributed by atoms with Crippen molar-refractivity contribution in [3.05, 3.63) is 29.3 Å². The van der Waals surface area contributed by atoms with Crippen molar-refractivity contribution in [3.63, 3.8) is 0 Å². The summed E-state index contributed by atoms with van der Waals surface area (Å²) in [6, 6.07) is 6.43. The Morgan fingerprint density at radius 1 is 1.30 bits per heavy atom. The number of hydrogen-bond donors (Lipinski definition) is 3. The summed E-state index contributed by atoms with van der Waals surface area (Å²) in [5.74, 6) is 0.693. The molecule has 0 aliphatic heterocycles. The van der Waals surface area contributed by atoms with Gasteiger partial charge in [0.25, 0.3) is 0 Å². The largest absolute Gasteiger partial charge is 0.359 e. The molecule has 1 aromatic carbocycles. The van der Waals surface area contributed by atoms with Gasteiger partial charge in [0, 0.05) is 32.1 Å². The molecule has 0 bridgehead atoms. The highest BCUT2D eigenvalue weighted by molar-refractivity contribution is 7.98. The van der Waals surface area contributed by atoms with Crippen molar-refractivity contribution in [2.45, 2.75) is 32.2 Å². The van der Waals surface area contributed by atoms with Crippen LogP contribution in [0.4, 0.5) is 0 Å². The van der Waals surface area contributed by atoms with E-state index < -0.39 is 5.41 Å². The summed E-state index contributed by atoms with van der Waals surface area (Å²) in [6.07, 6.45) is 2.08. The zero-order valence-corrected chi connectivity index (χ0v) is 15.7. The molecule has 0 saturated heterocycles. The summed E-state index contributed by atoms with van der Waals surface area (Å²) in [6.45, 7) is 7.10. The Balaban J connectivity index is 2.63. The van der Waals surface area contributed by atoms with E-state index in [2.05, 4.69) is 52.3 Å². The third kappa shape index (κ3) is 5.78. The van der Waals surface area contributed by atoms with Crippen molar-refractivity contribution in [3.8, 4) is 0 Å². The number of thioether (sulfide) groups is 1. The lowest BCUT2D eigenvalue weighted by Crippen LogP contribution is -2.47. The van der Waals surface area contributed by atoms with Crippen LogP contribution in [0, 0.1) is 12.3 Å². The second-order valence-corrected chi connectivity index (χ2v) is 6.91. The van der Waals surface area contributed by atoms with Gasteiger partial charge in [0.15, 0.2) is 5.96 Å². The molecule has 0 heterocycles. The van der Waals surface area contributed by atoms with Gasteiger partial charge in [-0.3, -0.25) is 9.79 Å². The molecule has 1 amide bonds. The van der Waals surface area contributed by atoms with E-state index in [0.717, 1.165) is 0 Å². The predicted octanol–water partition coefficient (Wildman–Crippen LogP) is 2.15. The van der Waals surface area contributed by atoms with Crippen LogP contribution in [0.3, 0.4) is 0 Å². The maximum Gasteiger partial charge on any atom is 0.227 e. The molecule has 0 aliphatic carbocycles. The molecular weight excluding hydrogens is 308 g/mol. The van der Waals surface area contributed by atoms with E-state index in [1.807, 2.05) is 13.8 Å². The molecule has 0 atom stereocenters. The molecule has 0 spiro atoms. The van der Waals surface area contributed by atoms with Crippen LogP contribution >= 0.6 is 11.8 Å². The van der Waals surface area contributed by atoms with Crippen LogP contribution in [0.25, 0.3) is 0 Å². The van der Waals surface area contributed by atoms with Gasteiger partial charge in [-0.15, -0.1) is 11.8 Å². The Kier molecular flexibility index (Phi) is 7.42. The zero-order chi connectivity index (χ0) is 17.5. The number of amides is 1. The molecule has 5 nitrogen and oxygen atoms in total. The first-order valence-electron chi connectivity index (χ1n) is 7.64. The van der Waals surface area contributed by atoms with Crippen molar-refractivity contribution in [2.75, 3.05) is 26.9 Å². The van der Waals surface area contributed by atoms with Gasteiger partial charge in [-0.1, -0.05) is 12.1 Å². The number of aliphatic imine (C=N–C) groups is 1. The van der Waals surface area contributed by atoms with Gasteiger partial charge in [-0.05, 0) is 44.2 Å². The highest BCUT2D eigenvalue weighted by atomic mass is 32.2. The molecular formula is C17H28N4OS. The topological polar surface area (TPSA) is 65.5 Å². The number of nitrogens with zero attached hydrogens (tertiary/aromatic N) is 1. The smallest absolute Gasteiger partial charge is 0.227 e. The van der Waals surface area contributed by atoms with Crippen molar-refractivity contribution >= 4 is 23.6 Å². The monoisotopic (exact) mass is 336 g/mol. The van der Waals surface area contributed by atoms with Gasteiger partial charge >= 0.3 is 0 Å². The molecule has 0 unspecified atom stereocenters. The number of carbonyl (C=O) groups excluding carboxylic acids is 1. The van der Waals surface area contributed by atoms with Crippen molar-refractivity contribution in [2.24, 2.45) is 10.4 Å². The van der Waals surface area contributed by atoms with E-state index in [0.29, 0.717) is 19.0 Å². The van der Waals surface area contributed by atoms with E-state index in [9.17, 15) is 4.79 Å². The number of nitrogens with one attached hydrogen (secondary N) is 3. The van der Waals surface area contributed by atoms with Gasteiger partial charge < -0.3 is 16.0 Å². The third-order valence-electron chi connectivity index (χ3n) is 3.65. The summed E-state index contributed by atoms with van der Waals surface area (Å²) < 4.78 is 0. The lowest BCUT2D eigenvalue weighted by Gasteiger charge is -2.24. The fraction of sp³-hybridized carbons (Fsp3) is 0.529. The van der Waals surface area contributed by atoms with Crippen molar-refractivity contribution < 1.29 is 4.79 Å². The van der Waals surface area contributed by atoms with E-state index >= 15 is 0 Å². The molecule has 0 aromatic heterocycles. The molecule has 128 valence electrons. The highest BCUT2D eigenvalue weighted by Crippen LogP contribution is 2.21. The summed E-state index contributed by atoms with van der Waals surface area (Å²) >= 11 is 1.74. The third-order valence-corrected chi connectivity index (χ3v) is 4.47. The number of aryl methyl sites for hydroxylation is 1. The predicted molar refractivity (Wildman–Crippen MR) is 99.0 cm³/mol. The van der Waals surface area contributed by atoms with Crippen LogP contribution in [0.1, 0.15) is 25.0 Å². The second-order valence-electron chi connectivity index (χ2n) is 6.06. The molecule has 3 N–H and O–H groups in total. The molecule has 0 fully saturated rings. The number of carbonyl (C=O) groups is 1. The average molecular weight is 337 g/mol. The number of rotatable bonds is 6. The highest BCUT2D eigenvalue weighted by Gasteiger charge is 2.26. The summed E-state index contributed by atoms with van der Waals surface area (Å²) in [5.41, 5.74) is 1.99. The Morgan fingerprint density at radius 2 is 2.00 bits per heavy atom. The van der Waals surface area contributed by atoms with E-state index in [4.69, 9.17) is 0 Å². The lowest BCUT2D eigenvalue weighted by atomic mass is 9.92. The lowest BCUT2D eigenvalue weighted by molar-refractivity contribution is -0.128. The number of hydrogen-bond acceptors (Lipinski definition) is 3. The maximum absolute atomic E-state index is 11.8. The quantitative estimate of drug-likeness (QED) is 0.423. The molecule has 0 aliphatic rings. The van der Waals surface area contributed by atoms with Gasteiger partial charge in [0.05, 0.1) is 5.41 Å². The minimum Gasteiger partial charge on any atom is -0.359 e. The Morgan fingerprint density at radius 3 is 2.57 bits per heavy atom. The molecule has 23 heavy (non-hydrogen) atoms. The molecule has 0 radical (unpaired) electrons. The van der Waals surface area contributed by atoms with Crippen LogP contribution in [0.2, 0.25) is 0 Å². The van der Waals surface area contributed by atoms with Crippen LogP contribution in [-0.4, -0.2) is 38.8 Å². The van der Waals surface area contributed by atoms with Gasteiger partial charge in [0.1, 0.15) is 0 Å². The summed E-state index contributed by atoms with van der Waals surface area (Å²) in [4.78, 5) is 17.3. The maximum atomic E-state index is 11.8. The number of benzene rings is 1. The molecule has 1 aromatic rings. The zero-order valence-electron chi connectivity index (χ0n) is 14.9. The Hall–Kier alpha value is -1.69. The van der Waals surface area contributed by atoms with Crippen molar-refractivity contribution in [1.82, 2.24) is 16.0 Å². The molecule has 6 heteroatoms. The van der Waals surface area contributed by atoms with E-state index in [1.54, 1.807) is 25.9 Å². The fourth-order valence-corrected chi connectivity index (χ4v) is 2.83. The Labute approximate surface area is 143 Å². The van der Waals surface area contributed by atoms with Crippen LogP contribution in [0.5, 0.6) is 0 Å². The van der Waals surface area contributed by atoms with Crippen LogP contribution < -0.4 is 16.0 Å². The normalized spacial score (nSPS) is 12.0. The fourth-order valence-electron chi connectivity index (χ4n) is 2.12. The van der Waals surface area contributed by atoms with Crippen LogP contribution in [0.15, 0.2) is 28.1 Å². The van der Waals surface area contributed by atoms with Gasteiger partial charge in [-0.2, -0.15) is 0 Å². The average Bonchev–Trinajstić information content (AvgIpc) is 2.54. The first-order valence-corrected chi connectivity index (χ1v) is 8.86.